The number of alkyl halides is 1. The van der Waals surface area contributed by atoms with E-state index < -0.39 is 0 Å². The van der Waals surface area contributed by atoms with Gasteiger partial charge in [0.15, 0.2) is 0 Å². The van der Waals surface area contributed by atoms with Gasteiger partial charge in [-0.1, -0.05) is 25.3 Å². The second-order valence-electron chi connectivity index (χ2n) is 5.47. The van der Waals surface area contributed by atoms with E-state index in [0.717, 1.165) is 12.8 Å². The number of halogens is 1. The molecule has 2 aliphatic carbocycles. The molecule has 1 unspecified atom stereocenters. The van der Waals surface area contributed by atoms with E-state index in [1.807, 2.05) is 0 Å². The maximum atomic E-state index is 6.35. The summed E-state index contributed by atoms with van der Waals surface area (Å²) in [7, 11) is 0. The Morgan fingerprint density at radius 1 is 1.00 bits per heavy atom. The Balaban J connectivity index is 1.86. The van der Waals surface area contributed by atoms with Gasteiger partial charge < -0.3 is 0 Å². The summed E-state index contributed by atoms with van der Waals surface area (Å²) in [6.45, 7) is 0. The zero-order valence-electron chi connectivity index (χ0n) is 10.3. The van der Waals surface area contributed by atoms with Gasteiger partial charge in [0, 0.05) is 17.3 Å². The Hall–Kier alpha value is -0.560. The fourth-order valence-corrected chi connectivity index (χ4v) is 3.60. The highest BCUT2D eigenvalue weighted by molar-refractivity contribution is 6.20. The molecule has 92 valence electrons. The van der Waals surface area contributed by atoms with E-state index in [1.54, 1.807) is 0 Å². The average Bonchev–Trinajstić information content (AvgIpc) is 2.40. The van der Waals surface area contributed by atoms with Crippen molar-refractivity contribution in [3.8, 4) is 0 Å². The molecule has 3 rings (SSSR count). The van der Waals surface area contributed by atoms with Gasteiger partial charge in [0.1, 0.15) is 0 Å². The number of fused-ring (bicyclic) bond motifs is 1. The molecule has 0 amide bonds. The molecule has 17 heavy (non-hydrogen) atoms. The maximum Gasteiger partial charge on any atom is 0.0603 e. The van der Waals surface area contributed by atoms with Crippen molar-refractivity contribution in [3.05, 3.63) is 29.1 Å². The Labute approximate surface area is 109 Å². The molecule has 0 radical (unpaired) electrons. The SMILES string of the molecule is ClC1CCCc2nc(C3CCCCC3)ccc21. The van der Waals surface area contributed by atoms with Crippen LogP contribution < -0.4 is 0 Å². The number of hydrogen-bond donors (Lipinski definition) is 0. The quantitative estimate of drug-likeness (QED) is 0.655. The lowest BCUT2D eigenvalue weighted by atomic mass is 9.85. The monoisotopic (exact) mass is 249 g/mol. The molecule has 0 aliphatic heterocycles. The average molecular weight is 250 g/mol. The fraction of sp³-hybridized carbons (Fsp3) is 0.667. The van der Waals surface area contributed by atoms with Crippen molar-refractivity contribution in [2.45, 2.75) is 62.7 Å². The molecule has 2 heteroatoms. The minimum absolute atomic E-state index is 0.201. The summed E-state index contributed by atoms with van der Waals surface area (Å²) < 4.78 is 0. The molecular weight excluding hydrogens is 230 g/mol. The van der Waals surface area contributed by atoms with Crippen LogP contribution in [0.15, 0.2) is 12.1 Å². The molecule has 0 aromatic carbocycles. The van der Waals surface area contributed by atoms with Crippen LogP contribution in [0, 0.1) is 0 Å². The number of nitrogens with zero attached hydrogens (tertiary/aromatic N) is 1. The first kappa shape index (κ1) is 11.5. The van der Waals surface area contributed by atoms with Crippen molar-refractivity contribution >= 4 is 11.6 Å². The van der Waals surface area contributed by atoms with Gasteiger partial charge in [-0.25, -0.2) is 0 Å². The van der Waals surface area contributed by atoms with E-state index in [-0.39, 0.29) is 5.38 Å². The molecule has 1 aromatic heterocycles. The molecule has 0 N–H and O–H groups in total. The van der Waals surface area contributed by atoms with Crippen molar-refractivity contribution in [3.63, 3.8) is 0 Å². The summed E-state index contributed by atoms with van der Waals surface area (Å²) in [6, 6.07) is 4.47. The van der Waals surface area contributed by atoms with Gasteiger partial charge in [-0.3, -0.25) is 4.98 Å². The summed E-state index contributed by atoms with van der Waals surface area (Å²) in [4.78, 5) is 4.90. The lowest BCUT2D eigenvalue weighted by molar-refractivity contribution is 0.435. The van der Waals surface area contributed by atoms with Gasteiger partial charge in [-0.2, -0.15) is 0 Å². The van der Waals surface area contributed by atoms with E-state index in [0.29, 0.717) is 5.92 Å². The van der Waals surface area contributed by atoms with E-state index >= 15 is 0 Å². The van der Waals surface area contributed by atoms with Crippen LogP contribution >= 0.6 is 11.6 Å². The van der Waals surface area contributed by atoms with Crippen molar-refractivity contribution in [2.24, 2.45) is 0 Å². The molecule has 1 atom stereocenters. The highest BCUT2D eigenvalue weighted by atomic mass is 35.5. The van der Waals surface area contributed by atoms with Crippen LogP contribution in [0.5, 0.6) is 0 Å². The standard InChI is InChI=1S/C15H20ClN/c16-13-7-4-8-15-12(13)9-10-14(17-15)11-5-2-1-3-6-11/h9-11,13H,1-8H2. The third-order valence-electron chi connectivity index (χ3n) is 4.26. The first-order valence-electron chi connectivity index (χ1n) is 6.98. The van der Waals surface area contributed by atoms with Crippen molar-refractivity contribution in [2.75, 3.05) is 0 Å². The van der Waals surface area contributed by atoms with Crippen LogP contribution in [-0.4, -0.2) is 4.98 Å². The van der Waals surface area contributed by atoms with Crippen LogP contribution in [0.2, 0.25) is 0 Å². The molecule has 2 aliphatic rings. The second kappa shape index (κ2) is 4.97. The molecule has 1 fully saturated rings. The van der Waals surface area contributed by atoms with Crippen molar-refractivity contribution in [1.82, 2.24) is 4.98 Å². The third kappa shape index (κ3) is 2.35. The minimum atomic E-state index is 0.201. The summed E-state index contributed by atoms with van der Waals surface area (Å²) >= 11 is 6.35. The van der Waals surface area contributed by atoms with E-state index in [9.17, 15) is 0 Å². The summed E-state index contributed by atoms with van der Waals surface area (Å²) in [5.74, 6) is 0.713. The van der Waals surface area contributed by atoms with E-state index in [1.165, 1.54) is 55.5 Å². The van der Waals surface area contributed by atoms with Crippen LogP contribution in [0.3, 0.4) is 0 Å². The number of aryl methyl sites for hydroxylation is 1. The smallest absolute Gasteiger partial charge is 0.0603 e. The molecule has 1 heterocycles. The van der Waals surface area contributed by atoms with Gasteiger partial charge in [-0.05, 0) is 43.7 Å². The Bertz CT molecular complexity index is 396. The zero-order chi connectivity index (χ0) is 11.7. The van der Waals surface area contributed by atoms with E-state index in [2.05, 4.69) is 12.1 Å². The number of hydrogen-bond acceptors (Lipinski definition) is 1. The highest BCUT2D eigenvalue weighted by Gasteiger charge is 2.22. The van der Waals surface area contributed by atoms with Crippen LogP contribution in [-0.2, 0) is 6.42 Å². The first-order chi connectivity index (χ1) is 8.34. The van der Waals surface area contributed by atoms with Gasteiger partial charge in [-0.15, -0.1) is 11.6 Å². The summed E-state index contributed by atoms with van der Waals surface area (Å²) in [5, 5.41) is 0.201. The van der Waals surface area contributed by atoms with Crippen LogP contribution in [0.1, 0.15) is 73.2 Å². The topological polar surface area (TPSA) is 12.9 Å². The molecule has 0 spiro atoms. The second-order valence-corrected chi connectivity index (χ2v) is 5.99. The molecule has 0 saturated heterocycles. The Morgan fingerprint density at radius 3 is 2.65 bits per heavy atom. The maximum absolute atomic E-state index is 6.35. The van der Waals surface area contributed by atoms with Crippen molar-refractivity contribution in [1.29, 1.82) is 0 Å². The van der Waals surface area contributed by atoms with Gasteiger partial charge in [0.25, 0.3) is 0 Å². The van der Waals surface area contributed by atoms with E-state index in [4.69, 9.17) is 16.6 Å². The first-order valence-corrected chi connectivity index (χ1v) is 7.42. The van der Waals surface area contributed by atoms with Gasteiger partial charge >= 0.3 is 0 Å². The van der Waals surface area contributed by atoms with Crippen LogP contribution in [0.4, 0.5) is 0 Å². The minimum Gasteiger partial charge on any atom is -0.257 e. The van der Waals surface area contributed by atoms with Gasteiger partial charge in [0.05, 0.1) is 5.38 Å². The largest absolute Gasteiger partial charge is 0.257 e. The van der Waals surface area contributed by atoms with Crippen molar-refractivity contribution < 1.29 is 0 Å². The summed E-state index contributed by atoms with van der Waals surface area (Å²) in [5.41, 5.74) is 3.89. The molecule has 1 aromatic rings. The number of rotatable bonds is 1. The fourth-order valence-electron chi connectivity index (χ4n) is 3.24. The lowest BCUT2D eigenvalue weighted by Crippen LogP contribution is -2.12. The predicted octanol–water partition coefficient (Wildman–Crippen LogP) is 4.75. The Morgan fingerprint density at radius 2 is 1.82 bits per heavy atom. The van der Waals surface area contributed by atoms with Crippen LogP contribution in [0.25, 0.3) is 0 Å². The molecule has 1 nitrogen and oxygen atoms in total. The molecular formula is C15H20ClN. The number of aromatic nitrogens is 1. The normalized spacial score (nSPS) is 25.6. The predicted molar refractivity (Wildman–Crippen MR) is 71.6 cm³/mol. The summed E-state index contributed by atoms with van der Waals surface area (Å²) in [6.07, 6.45) is 10.3. The Kier molecular flexibility index (Phi) is 3.37. The highest BCUT2D eigenvalue weighted by Crippen LogP contribution is 2.36. The molecule has 0 bridgehead atoms. The lowest BCUT2D eigenvalue weighted by Gasteiger charge is -2.25. The zero-order valence-corrected chi connectivity index (χ0v) is 11.0. The van der Waals surface area contributed by atoms with Gasteiger partial charge in [0.2, 0.25) is 0 Å². The molecule has 1 saturated carbocycles. The third-order valence-corrected chi connectivity index (χ3v) is 4.72. The number of pyridine rings is 1.